The van der Waals surface area contributed by atoms with E-state index in [2.05, 4.69) is 58.2 Å². The van der Waals surface area contributed by atoms with Gasteiger partial charge in [0.2, 0.25) is 0 Å². The van der Waals surface area contributed by atoms with Crippen LogP contribution in [-0.2, 0) is 6.42 Å². The number of halogens is 2. The smallest absolute Gasteiger partial charge is 0.142 e. The lowest BCUT2D eigenvalue weighted by Crippen LogP contribution is -2.44. The lowest BCUT2D eigenvalue weighted by Gasteiger charge is -2.50. The molecule has 4 heteroatoms. The fourth-order valence-electron chi connectivity index (χ4n) is 5.61. The highest BCUT2D eigenvalue weighted by molar-refractivity contribution is 14.1. The van der Waals surface area contributed by atoms with Gasteiger partial charge in [0, 0.05) is 0 Å². The summed E-state index contributed by atoms with van der Waals surface area (Å²) in [5.41, 5.74) is 3.03. The number of phenolic OH excluding ortho intramolecular Hbond substituents is 1. The molecule has 120 valence electrons. The fourth-order valence-corrected chi connectivity index (χ4v) is 7.60. The molecule has 2 fully saturated rings. The Labute approximate surface area is 159 Å². The molecule has 0 aliphatic heterocycles. The van der Waals surface area contributed by atoms with Crippen LogP contribution in [0, 0.1) is 24.4 Å². The number of fused-ring (bicyclic) bond motifs is 5. The molecule has 22 heavy (non-hydrogen) atoms. The van der Waals surface area contributed by atoms with E-state index in [0.29, 0.717) is 17.6 Å². The highest BCUT2D eigenvalue weighted by Crippen LogP contribution is 2.61. The van der Waals surface area contributed by atoms with Gasteiger partial charge in [0.05, 0.1) is 13.2 Å². The van der Waals surface area contributed by atoms with Gasteiger partial charge in [0.15, 0.2) is 0 Å². The second-order valence-electron chi connectivity index (χ2n) is 7.64. The predicted octanol–water partition coefficient (Wildman–Crippen LogP) is 4.82. The van der Waals surface area contributed by atoms with Crippen molar-refractivity contribution >= 4 is 45.2 Å². The van der Waals surface area contributed by atoms with Crippen molar-refractivity contribution in [1.29, 1.82) is 0 Å². The van der Waals surface area contributed by atoms with Crippen LogP contribution in [0.2, 0.25) is 0 Å². The molecule has 2 saturated carbocycles. The van der Waals surface area contributed by atoms with Crippen molar-refractivity contribution in [1.82, 2.24) is 0 Å². The second kappa shape index (κ2) is 5.48. The minimum atomic E-state index is -0.0973. The molecule has 0 heterocycles. The van der Waals surface area contributed by atoms with E-state index in [0.717, 1.165) is 32.3 Å². The zero-order valence-electron chi connectivity index (χ0n) is 12.8. The predicted molar refractivity (Wildman–Crippen MR) is 104 cm³/mol. The number of aromatic hydroxyl groups is 1. The first-order valence-electron chi connectivity index (χ1n) is 8.31. The third-order valence-electron chi connectivity index (χ3n) is 6.84. The normalized spacial score (nSPS) is 40.0. The van der Waals surface area contributed by atoms with E-state index in [-0.39, 0.29) is 11.5 Å². The van der Waals surface area contributed by atoms with Crippen molar-refractivity contribution in [2.75, 3.05) is 0 Å². The van der Waals surface area contributed by atoms with E-state index in [9.17, 15) is 10.2 Å². The average Bonchev–Trinajstić information content (AvgIpc) is 2.80. The van der Waals surface area contributed by atoms with Crippen molar-refractivity contribution in [3.63, 3.8) is 0 Å². The van der Waals surface area contributed by atoms with Gasteiger partial charge in [0.1, 0.15) is 5.75 Å². The van der Waals surface area contributed by atoms with Gasteiger partial charge in [-0.05, 0) is 124 Å². The summed E-state index contributed by atoms with van der Waals surface area (Å²) in [4.78, 5) is 0. The summed E-state index contributed by atoms with van der Waals surface area (Å²) in [7, 11) is 0. The van der Waals surface area contributed by atoms with Gasteiger partial charge in [0.25, 0.3) is 0 Å². The molecule has 0 bridgehead atoms. The second-order valence-corrected chi connectivity index (χ2v) is 9.88. The van der Waals surface area contributed by atoms with Crippen LogP contribution in [-0.4, -0.2) is 16.3 Å². The van der Waals surface area contributed by atoms with Gasteiger partial charge in [-0.1, -0.05) is 6.92 Å². The third-order valence-corrected chi connectivity index (χ3v) is 8.83. The van der Waals surface area contributed by atoms with Gasteiger partial charge in [-0.2, -0.15) is 0 Å². The summed E-state index contributed by atoms with van der Waals surface area (Å²) in [6.45, 7) is 2.32. The molecule has 0 spiro atoms. The Bertz CT molecular complexity index is 630. The van der Waals surface area contributed by atoms with Crippen LogP contribution < -0.4 is 0 Å². The first-order valence-corrected chi connectivity index (χ1v) is 10.5. The number of hydrogen-bond acceptors (Lipinski definition) is 2. The van der Waals surface area contributed by atoms with E-state index in [1.165, 1.54) is 30.4 Å². The first-order chi connectivity index (χ1) is 10.4. The molecule has 0 saturated heterocycles. The summed E-state index contributed by atoms with van der Waals surface area (Å²) in [5.74, 6) is 2.50. The lowest BCUT2D eigenvalue weighted by atomic mass is 9.55. The van der Waals surface area contributed by atoms with Crippen LogP contribution in [0.4, 0.5) is 0 Å². The standard InChI is InChI=1S/C18H22I2O2/c1-18-7-6-9-10(13(18)4-5-15(18)21)2-3-11-12(9)8-14(19)17(22)16(11)20/h8-10,13,15,21-22H,2-7H2,1H3/t9-,10+,13-,15-,18-/m0/s1/i19-2,20-2. The molecule has 3 aliphatic rings. The highest BCUT2D eigenvalue weighted by atomic mass is 125. The summed E-state index contributed by atoms with van der Waals surface area (Å²) >= 11 is 4.58. The van der Waals surface area contributed by atoms with E-state index in [1.54, 1.807) is 0 Å². The largest absolute Gasteiger partial charge is 0.506 e. The van der Waals surface area contributed by atoms with Crippen LogP contribution in [0.1, 0.15) is 56.1 Å². The van der Waals surface area contributed by atoms with Gasteiger partial charge >= 0.3 is 0 Å². The third kappa shape index (κ3) is 2.11. The summed E-state index contributed by atoms with van der Waals surface area (Å²) in [6.07, 6.45) is 6.73. The molecule has 0 unspecified atom stereocenters. The van der Waals surface area contributed by atoms with E-state index in [1.807, 2.05) is 0 Å². The number of phenols is 1. The van der Waals surface area contributed by atoms with Gasteiger partial charge in [-0.15, -0.1) is 0 Å². The maximum atomic E-state index is 10.5. The van der Waals surface area contributed by atoms with Crippen LogP contribution in [0.25, 0.3) is 0 Å². The number of benzene rings is 1. The van der Waals surface area contributed by atoms with Gasteiger partial charge in [-0.3, -0.25) is 0 Å². The van der Waals surface area contributed by atoms with Crippen LogP contribution >= 0.6 is 45.2 Å². The highest BCUT2D eigenvalue weighted by Gasteiger charge is 2.54. The Morgan fingerprint density at radius 1 is 1.18 bits per heavy atom. The van der Waals surface area contributed by atoms with Crippen molar-refractivity contribution in [3.05, 3.63) is 24.3 Å². The molecule has 1 aromatic carbocycles. The van der Waals surface area contributed by atoms with Gasteiger partial charge in [-0.25, -0.2) is 0 Å². The quantitative estimate of drug-likeness (QED) is 0.482. The topological polar surface area (TPSA) is 40.5 Å². The fraction of sp³-hybridized carbons (Fsp3) is 0.667. The Morgan fingerprint density at radius 2 is 1.95 bits per heavy atom. The molecule has 2 nitrogen and oxygen atoms in total. The average molecular weight is 520 g/mol. The minimum absolute atomic E-state index is 0.0973. The minimum Gasteiger partial charge on any atom is -0.506 e. The zero-order chi connectivity index (χ0) is 15.6. The van der Waals surface area contributed by atoms with Crippen LogP contribution in [0.15, 0.2) is 6.07 Å². The van der Waals surface area contributed by atoms with Crippen molar-refractivity contribution < 1.29 is 10.2 Å². The lowest BCUT2D eigenvalue weighted by molar-refractivity contribution is -0.0226. The number of aliphatic hydroxyl groups is 1. The Morgan fingerprint density at radius 3 is 2.73 bits per heavy atom. The Kier molecular flexibility index (Phi) is 3.97. The molecule has 2 N–H and O–H groups in total. The maximum Gasteiger partial charge on any atom is 0.142 e. The summed E-state index contributed by atoms with van der Waals surface area (Å²) < 4.78 is 2.05. The molecule has 5 atom stereocenters. The zero-order valence-corrected chi connectivity index (χ0v) is 17.1. The number of rotatable bonds is 0. The number of hydrogen-bond donors (Lipinski definition) is 2. The molecule has 0 aromatic heterocycles. The van der Waals surface area contributed by atoms with Crippen molar-refractivity contribution in [3.8, 4) is 5.75 Å². The van der Waals surface area contributed by atoms with E-state index >= 15 is 0 Å². The maximum absolute atomic E-state index is 10.5. The molecular formula is C18H22I2O2. The molecule has 1 aromatic rings. The van der Waals surface area contributed by atoms with E-state index in [4.69, 9.17) is 0 Å². The monoisotopic (exact) mass is 520 g/mol. The summed E-state index contributed by atoms with van der Waals surface area (Å²) in [6, 6.07) is 2.23. The SMILES string of the molecule is C[C@]12CC[C@@H]3c4cc([125I])c(O)c([125I])c4CC[C@H]3[C@@H]1CC[C@@H]2O. The van der Waals surface area contributed by atoms with Crippen molar-refractivity contribution in [2.24, 2.45) is 17.3 Å². The van der Waals surface area contributed by atoms with E-state index < -0.39 is 0 Å². The van der Waals surface area contributed by atoms with Crippen LogP contribution in [0.5, 0.6) is 5.75 Å². The number of aliphatic hydroxyl groups excluding tert-OH is 1. The van der Waals surface area contributed by atoms with Crippen molar-refractivity contribution in [2.45, 2.75) is 57.5 Å². The summed E-state index contributed by atoms with van der Waals surface area (Å²) in [5, 5.41) is 20.7. The molecule has 4 rings (SSSR count). The van der Waals surface area contributed by atoms with Crippen LogP contribution in [0.3, 0.4) is 0 Å². The first kappa shape index (κ1) is 15.9. The molecule has 3 aliphatic carbocycles. The van der Waals surface area contributed by atoms with Gasteiger partial charge < -0.3 is 10.2 Å². The molecule has 0 radical (unpaired) electrons. The Balaban J connectivity index is 1.76. The molecule has 0 amide bonds. The Hall–Kier alpha value is 0.440. The molecular weight excluding hydrogens is 498 g/mol.